The molecule has 2 aromatic carbocycles. The molecule has 2 aliphatic rings. The van der Waals surface area contributed by atoms with E-state index in [1.165, 1.54) is 11.0 Å². The van der Waals surface area contributed by atoms with Crippen molar-refractivity contribution in [2.24, 2.45) is 0 Å². The van der Waals surface area contributed by atoms with Crippen LogP contribution >= 0.6 is 0 Å². The van der Waals surface area contributed by atoms with Crippen LogP contribution in [0.1, 0.15) is 58.8 Å². The van der Waals surface area contributed by atoms with E-state index >= 15 is 0 Å². The first kappa shape index (κ1) is 20.5. The van der Waals surface area contributed by atoms with Gasteiger partial charge < -0.3 is 14.2 Å². The molecule has 7 heteroatoms. The van der Waals surface area contributed by atoms with E-state index in [4.69, 9.17) is 14.2 Å². The van der Waals surface area contributed by atoms with E-state index in [9.17, 15) is 14.0 Å². The summed E-state index contributed by atoms with van der Waals surface area (Å²) in [4.78, 5) is 26.0. The minimum atomic E-state index is -0.601. The maximum atomic E-state index is 14.1. The summed E-state index contributed by atoms with van der Waals surface area (Å²) in [5, 5.41) is 0. The molecule has 2 aromatic rings. The zero-order chi connectivity index (χ0) is 21.1. The number of ether oxygens (including phenoxy) is 3. The molecule has 2 unspecified atom stereocenters. The predicted octanol–water partition coefficient (Wildman–Crippen LogP) is 4.10. The Morgan fingerprint density at radius 2 is 1.83 bits per heavy atom. The van der Waals surface area contributed by atoms with Gasteiger partial charge in [-0.2, -0.15) is 0 Å². The fraction of sp³-hybridized carbons (Fsp3) is 0.391. The maximum absolute atomic E-state index is 14.1. The van der Waals surface area contributed by atoms with Gasteiger partial charge in [0.2, 0.25) is 0 Å². The van der Waals surface area contributed by atoms with Crippen LogP contribution in [0.15, 0.2) is 42.5 Å². The second kappa shape index (κ2) is 8.93. The van der Waals surface area contributed by atoms with Crippen LogP contribution in [0, 0.1) is 5.82 Å². The van der Waals surface area contributed by atoms with Crippen molar-refractivity contribution >= 4 is 11.8 Å². The second-order valence-electron chi connectivity index (χ2n) is 7.35. The third kappa shape index (κ3) is 4.08. The van der Waals surface area contributed by atoms with Gasteiger partial charge in [-0.3, -0.25) is 14.5 Å². The van der Waals surface area contributed by atoms with E-state index < -0.39 is 12.1 Å². The third-order valence-electron chi connectivity index (χ3n) is 5.31. The molecule has 1 saturated heterocycles. The Kier molecular flexibility index (Phi) is 6.11. The highest BCUT2D eigenvalue weighted by Gasteiger charge is 2.34. The number of imide groups is 1. The summed E-state index contributed by atoms with van der Waals surface area (Å²) >= 11 is 0. The lowest BCUT2D eigenvalue weighted by Crippen LogP contribution is -2.30. The van der Waals surface area contributed by atoms with Crippen LogP contribution in [-0.4, -0.2) is 42.6 Å². The van der Waals surface area contributed by atoms with Gasteiger partial charge in [0.05, 0.1) is 30.4 Å². The molecule has 0 aliphatic carbocycles. The average Bonchev–Trinajstić information content (AvgIpc) is 3.32. The highest BCUT2D eigenvalue weighted by atomic mass is 19.1. The van der Waals surface area contributed by atoms with Gasteiger partial charge in [-0.15, -0.1) is 0 Å². The standard InChI is InChI=1S/C23H24FNO5/c1-2-28-20-11-10-15(13-19(20)24)23-29-14-16(30-23)7-5-6-12-25-21(26)17-8-3-4-9-18(17)22(25)27/h3-4,8-11,13,16,23H,2,5-7,12,14H2,1H3. The molecule has 2 amide bonds. The van der Waals surface area contributed by atoms with E-state index in [1.807, 2.05) is 0 Å². The summed E-state index contributed by atoms with van der Waals surface area (Å²) in [6.45, 7) is 3.00. The predicted molar refractivity (Wildman–Crippen MR) is 107 cm³/mol. The van der Waals surface area contributed by atoms with Crippen molar-refractivity contribution in [3.8, 4) is 5.75 Å². The molecule has 6 nitrogen and oxygen atoms in total. The van der Waals surface area contributed by atoms with Gasteiger partial charge in [0.25, 0.3) is 11.8 Å². The van der Waals surface area contributed by atoms with Gasteiger partial charge in [0.15, 0.2) is 17.9 Å². The number of unbranched alkanes of at least 4 members (excludes halogenated alkanes) is 1. The zero-order valence-corrected chi connectivity index (χ0v) is 16.8. The van der Waals surface area contributed by atoms with Crippen molar-refractivity contribution in [3.63, 3.8) is 0 Å². The number of carbonyl (C=O) groups excluding carboxylic acids is 2. The molecule has 1 fully saturated rings. The summed E-state index contributed by atoms with van der Waals surface area (Å²) in [5.41, 5.74) is 1.56. The van der Waals surface area contributed by atoms with E-state index in [2.05, 4.69) is 0 Å². The molecular weight excluding hydrogens is 389 g/mol. The van der Waals surface area contributed by atoms with Crippen molar-refractivity contribution in [2.75, 3.05) is 19.8 Å². The molecule has 0 aromatic heterocycles. The Balaban J connectivity index is 1.23. The van der Waals surface area contributed by atoms with Crippen molar-refractivity contribution < 1.29 is 28.2 Å². The monoisotopic (exact) mass is 413 g/mol. The van der Waals surface area contributed by atoms with E-state index in [0.717, 1.165) is 12.8 Å². The number of halogens is 1. The number of benzene rings is 2. The average molecular weight is 413 g/mol. The second-order valence-corrected chi connectivity index (χ2v) is 7.35. The Morgan fingerprint density at radius 1 is 1.10 bits per heavy atom. The molecule has 0 N–H and O–H groups in total. The highest BCUT2D eigenvalue weighted by molar-refractivity contribution is 6.21. The molecule has 2 atom stereocenters. The Labute approximate surface area is 174 Å². The summed E-state index contributed by atoms with van der Waals surface area (Å²) in [6.07, 6.45) is 1.50. The molecule has 30 heavy (non-hydrogen) atoms. The fourth-order valence-electron chi connectivity index (χ4n) is 3.79. The van der Waals surface area contributed by atoms with Crippen LogP contribution in [0.3, 0.4) is 0 Å². The van der Waals surface area contributed by atoms with Crippen LogP contribution < -0.4 is 4.74 Å². The zero-order valence-electron chi connectivity index (χ0n) is 16.8. The molecular formula is C23H24FNO5. The number of amides is 2. The van der Waals surface area contributed by atoms with Crippen molar-refractivity contribution in [1.82, 2.24) is 4.90 Å². The molecule has 4 rings (SSSR count). The first-order valence-corrected chi connectivity index (χ1v) is 10.2. The number of nitrogens with zero attached hydrogens (tertiary/aromatic N) is 1. The first-order chi connectivity index (χ1) is 14.6. The van der Waals surface area contributed by atoms with Crippen molar-refractivity contribution in [3.05, 3.63) is 65.0 Å². The van der Waals surface area contributed by atoms with Gasteiger partial charge in [-0.25, -0.2) is 4.39 Å². The minimum absolute atomic E-state index is 0.105. The van der Waals surface area contributed by atoms with Crippen LogP contribution in [0.25, 0.3) is 0 Å². The van der Waals surface area contributed by atoms with E-state index in [1.54, 1.807) is 43.3 Å². The van der Waals surface area contributed by atoms with Gasteiger partial charge in [0, 0.05) is 12.1 Å². The largest absolute Gasteiger partial charge is 0.491 e. The van der Waals surface area contributed by atoms with E-state index in [-0.39, 0.29) is 23.7 Å². The number of fused-ring (bicyclic) bond motifs is 1. The number of rotatable bonds is 8. The van der Waals surface area contributed by atoms with Crippen molar-refractivity contribution in [1.29, 1.82) is 0 Å². The molecule has 158 valence electrons. The highest BCUT2D eigenvalue weighted by Crippen LogP contribution is 2.31. The SMILES string of the molecule is CCOc1ccc(C2OCC(CCCCN3C(=O)c4ccccc4C3=O)O2)cc1F. The number of hydrogen-bond acceptors (Lipinski definition) is 5. The Bertz CT molecular complexity index is 912. The molecule has 0 spiro atoms. The summed E-state index contributed by atoms with van der Waals surface area (Å²) in [5.74, 6) is -0.683. The van der Waals surface area contributed by atoms with Crippen LogP contribution in [0.5, 0.6) is 5.75 Å². The lowest BCUT2D eigenvalue weighted by atomic mass is 10.1. The smallest absolute Gasteiger partial charge is 0.261 e. The Hall–Kier alpha value is -2.77. The Morgan fingerprint density at radius 3 is 2.50 bits per heavy atom. The van der Waals surface area contributed by atoms with Gasteiger partial charge >= 0.3 is 0 Å². The fourth-order valence-corrected chi connectivity index (χ4v) is 3.79. The van der Waals surface area contributed by atoms with Crippen LogP contribution in [0.2, 0.25) is 0 Å². The lowest BCUT2D eigenvalue weighted by molar-refractivity contribution is -0.0615. The first-order valence-electron chi connectivity index (χ1n) is 10.2. The van der Waals surface area contributed by atoms with Crippen LogP contribution in [-0.2, 0) is 9.47 Å². The number of hydrogen-bond donors (Lipinski definition) is 0. The normalized spacial score (nSPS) is 20.7. The topological polar surface area (TPSA) is 65.1 Å². The lowest BCUT2D eigenvalue weighted by Gasteiger charge is -2.15. The maximum Gasteiger partial charge on any atom is 0.261 e. The van der Waals surface area contributed by atoms with Gasteiger partial charge in [0.1, 0.15) is 0 Å². The molecule has 0 saturated carbocycles. The summed E-state index contributed by atoms with van der Waals surface area (Å²) in [6, 6.07) is 11.6. The van der Waals surface area contributed by atoms with E-state index in [0.29, 0.717) is 42.9 Å². The quantitative estimate of drug-likeness (QED) is 0.482. The van der Waals surface area contributed by atoms with Crippen molar-refractivity contribution in [2.45, 2.75) is 38.6 Å². The minimum Gasteiger partial charge on any atom is -0.491 e. The molecule has 0 bridgehead atoms. The van der Waals surface area contributed by atoms with Gasteiger partial charge in [-0.1, -0.05) is 18.2 Å². The number of carbonyl (C=O) groups is 2. The summed E-state index contributed by atoms with van der Waals surface area (Å²) < 4.78 is 30.8. The van der Waals surface area contributed by atoms with Gasteiger partial charge in [-0.05, 0) is 50.5 Å². The van der Waals surface area contributed by atoms with Crippen LogP contribution in [0.4, 0.5) is 4.39 Å². The molecule has 2 aliphatic heterocycles. The summed E-state index contributed by atoms with van der Waals surface area (Å²) in [7, 11) is 0. The molecule has 2 heterocycles. The molecule has 0 radical (unpaired) electrons. The third-order valence-corrected chi connectivity index (χ3v) is 5.31.